The standard InChI is InChI=1S/C17H28O/c1-4-6-10-15(5-2)13-14(3)17(18)16-11-8-7-9-12-16/h7-9,11-12,14-15,17-18H,4-6,10,13H2,1-3H3. The van der Waals surface area contributed by atoms with Gasteiger partial charge in [-0.3, -0.25) is 0 Å². The summed E-state index contributed by atoms with van der Waals surface area (Å²) in [5, 5.41) is 10.4. The van der Waals surface area contributed by atoms with Gasteiger partial charge in [0, 0.05) is 0 Å². The lowest BCUT2D eigenvalue weighted by Crippen LogP contribution is -2.14. The van der Waals surface area contributed by atoms with Crippen LogP contribution in [0, 0.1) is 11.8 Å². The molecule has 0 spiro atoms. The van der Waals surface area contributed by atoms with Gasteiger partial charge in [-0.25, -0.2) is 0 Å². The maximum atomic E-state index is 10.4. The highest BCUT2D eigenvalue weighted by atomic mass is 16.3. The van der Waals surface area contributed by atoms with E-state index in [-0.39, 0.29) is 6.10 Å². The minimum atomic E-state index is -0.318. The third kappa shape index (κ3) is 4.81. The zero-order valence-corrected chi connectivity index (χ0v) is 12.1. The fourth-order valence-corrected chi connectivity index (χ4v) is 2.61. The van der Waals surface area contributed by atoms with E-state index in [0.717, 1.165) is 17.9 Å². The summed E-state index contributed by atoms with van der Waals surface area (Å²) in [5.74, 6) is 1.10. The van der Waals surface area contributed by atoms with E-state index in [1.54, 1.807) is 0 Å². The van der Waals surface area contributed by atoms with Crippen molar-refractivity contribution in [3.63, 3.8) is 0 Å². The van der Waals surface area contributed by atoms with Gasteiger partial charge in [0.25, 0.3) is 0 Å². The molecule has 102 valence electrons. The molecule has 0 saturated heterocycles. The summed E-state index contributed by atoms with van der Waals surface area (Å²) in [4.78, 5) is 0. The van der Waals surface area contributed by atoms with Gasteiger partial charge in [-0.15, -0.1) is 0 Å². The average Bonchev–Trinajstić information content (AvgIpc) is 2.43. The van der Waals surface area contributed by atoms with Crippen LogP contribution in [0.25, 0.3) is 0 Å². The number of aliphatic hydroxyl groups is 1. The fraction of sp³-hybridized carbons (Fsp3) is 0.647. The van der Waals surface area contributed by atoms with E-state index in [2.05, 4.69) is 20.8 Å². The largest absolute Gasteiger partial charge is 0.388 e. The van der Waals surface area contributed by atoms with Crippen molar-refractivity contribution in [3.8, 4) is 0 Å². The van der Waals surface area contributed by atoms with E-state index in [1.807, 2.05) is 30.3 Å². The van der Waals surface area contributed by atoms with Crippen molar-refractivity contribution < 1.29 is 5.11 Å². The van der Waals surface area contributed by atoms with Crippen LogP contribution in [0.3, 0.4) is 0 Å². The molecule has 0 aromatic heterocycles. The number of hydrogen-bond donors (Lipinski definition) is 1. The van der Waals surface area contributed by atoms with Crippen LogP contribution >= 0.6 is 0 Å². The summed E-state index contributed by atoms with van der Waals surface area (Å²) in [5.41, 5.74) is 1.05. The van der Waals surface area contributed by atoms with Crippen LogP contribution in [0.2, 0.25) is 0 Å². The molecule has 1 aromatic rings. The van der Waals surface area contributed by atoms with E-state index in [0.29, 0.717) is 5.92 Å². The molecule has 1 rings (SSSR count). The molecule has 0 aliphatic rings. The Labute approximate surface area is 112 Å². The summed E-state index contributed by atoms with van der Waals surface area (Å²) in [7, 11) is 0. The van der Waals surface area contributed by atoms with Crippen LogP contribution in [-0.2, 0) is 0 Å². The van der Waals surface area contributed by atoms with Crippen molar-refractivity contribution in [3.05, 3.63) is 35.9 Å². The fourth-order valence-electron chi connectivity index (χ4n) is 2.61. The maximum absolute atomic E-state index is 10.4. The molecule has 0 saturated carbocycles. The Morgan fingerprint density at radius 1 is 1.11 bits per heavy atom. The SMILES string of the molecule is CCCCC(CC)CC(C)C(O)c1ccccc1. The van der Waals surface area contributed by atoms with Crippen molar-refractivity contribution in [2.45, 2.75) is 59.0 Å². The Kier molecular flexibility index (Phi) is 7.04. The molecule has 0 radical (unpaired) electrons. The third-order valence-electron chi connectivity index (χ3n) is 3.93. The highest BCUT2D eigenvalue weighted by Crippen LogP contribution is 2.30. The van der Waals surface area contributed by atoms with Crippen LogP contribution < -0.4 is 0 Å². The van der Waals surface area contributed by atoms with Gasteiger partial charge in [0.2, 0.25) is 0 Å². The van der Waals surface area contributed by atoms with Gasteiger partial charge in [0.15, 0.2) is 0 Å². The number of benzene rings is 1. The minimum absolute atomic E-state index is 0.318. The second-order valence-electron chi connectivity index (χ2n) is 5.49. The molecular weight excluding hydrogens is 220 g/mol. The molecule has 1 nitrogen and oxygen atoms in total. The Balaban J connectivity index is 2.50. The Hall–Kier alpha value is -0.820. The second kappa shape index (κ2) is 8.31. The lowest BCUT2D eigenvalue weighted by atomic mass is 9.85. The number of aliphatic hydroxyl groups excluding tert-OH is 1. The summed E-state index contributed by atoms with van der Waals surface area (Å²) in [6.07, 6.45) is 5.93. The molecule has 18 heavy (non-hydrogen) atoms. The smallest absolute Gasteiger partial charge is 0.0815 e. The first-order valence-corrected chi connectivity index (χ1v) is 7.42. The Morgan fingerprint density at radius 2 is 1.78 bits per heavy atom. The third-order valence-corrected chi connectivity index (χ3v) is 3.93. The van der Waals surface area contributed by atoms with Crippen LogP contribution in [0.5, 0.6) is 0 Å². The van der Waals surface area contributed by atoms with Crippen molar-refractivity contribution >= 4 is 0 Å². The van der Waals surface area contributed by atoms with Crippen molar-refractivity contribution in [1.29, 1.82) is 0 Å². The van der Waals surface area contributed by atoms with Crippen molar-refractivity contribution in [2.24, 2.45) is 11.8 Å². The van der Waals surface area contributed by atoms with Crippen molar-refractivity contribution in [1.82, 2.24) is 0 Å². The van der Waals surface area contributed by atoms with Crippen LogP contribution in [-0.4, -0.2) is 5.11 Å². The van der Waals surface area contributed by atoms with Gasteiger partial charge < -0.3 is 5.11 Å². The molecule has 0 bridgehead atoms. The van der Waals surface area contributed by atoms with Crippen LogP contribution in [0.1, 0.15) is 64.5 Å². The van der Waals surface area contributed by atoms with Gasteiger partial charge >= 0.3 is 0 Å². The summed E-state index contributed by atoms with van der Waals surface area (Å²) < 4.78 is 0. The monoisotopic (exact) mass is 248 g/mol. The minimum Gasteiger partial charge on any atom is -0.388 e. The predicted octanol–water partition coefficient (Wildman–Crippen LogP) is 4.96. The van der Waals surface area contributed by atoms with Gasteiger partial charge in [0.05, 0.1) is 6.10 Å². The lowest BCUT2D eigenvalue weighted by Gasteiger charge is -2.24. The van der Waals surface area contributed by atoms with Gasteiger partial charge in [-0.2, -0.15) is 0 Å². The lowest BCUT2D eigenvalue weighted by molar-refractivity contribution is 0.1000. The molecule has 0 aliphatic carbocycles. The molecule has 0 amide bonds. The van der Waals surface area contributed by atoms with E-state index in [4.69, 9.17) is 0 Å². The quantitative estimate of drug-likeness (QED) is 0.689. The van der Waals surface area contributed by atoms with E-state index < -0.39 is 0 Å². The second-order valence-corrected chi connectivity index (χ2v) is 5.49. The van der Waals surface area contributed by atoms with Gasteiger partial charge in [-0.05, 0) is 23.8 Å². The molecule has 1 N–H and O–H groups in total. The molecule has 3 atom stereocenters. The Morgan fingerprint density at radius 3 is 2.33 bits per heavy atom. The van der Waals surface area contributed by atoms with Crippen LogP contribution in [0.4, 0.5) is 0 Å². The zero-order chi connectivity index (χ0) is 13.4. The topological polar surface area (TPSA) is 20.2 Å². The van der Waals surface area contributed by atoms with E-state index in [1.165, 1.54) is 25.7 Å². The normalized spacial score (nSPS) is 16.2. The molecule has 0 fully saturated rings. The van der Waals surface area contributed by atoms with E-state index in [9.17, 15) is 5.11 Å². The molecule has 0 aliphatic heterocycles. The molecule has 0 heterocycles. The van der Waals surface area contributed by atoms with Gasteiger partial charge in [-0.1, -0.05) is 76.8 Å². The number of unbranched alkanes of at least 4 members (excludes halogenated alkanes) is 1. The first kappa shape index (κ1) is 15.2. The van der Waals surface area contributed by atoms with Gasteiger partial charge in [0.1, 0.15) is 0 Å². The van der Waals surface area contributed by atoms with Crippen LogP contribution in [0.15, 0.2) is 30.3 Å². The molecule has 1 aromatic carbocycles. The van der Waals surface area contributed by atoms with Crippen molar-refractivity contribution in [2.75, 3.05) is 0 Å². The summed E-state index contributed by atoms with van der Waals surface area (Å²) in [6, 6.07) is 10.0. The molecular formula is C17H28O. The Bertz CT molecular complexity index is 307. The first-order chi connectivity index (χ1) is 8.69. The van der Waals surface area contributed by atoms with E-state index >= 15 is 0 Å². The first-order valence-electron chi connectivity index (χ1n) is 7.42. The molecule has 3 unspecified atom stereocenters. The predicted molar refractivity (Wildman–Crippen MR) is 78.5 cm³/mol. The highest BCUT2D eigenvalue weighted by molar-refractivity contribution is 5.17. The summed E-state index contributed by atoms with van der Waals surface area (Å²) in [6.45, 7) is 6.68. The summed E-state index contributed by atoms with van der Waals surface area (Å²) >= 11 is 0. The molecule has 1 heteroatoms. The number of hydrogen-bond acceptors (Lipinski definition) is 1. The average molecular weight is 248 g/mol. The number of rotatable bonds is 8. The maximum Gasteiger partial charge on any atom is 0.0815 e. The highest BCUT2D eigenvalue weighted by Gasteiger charge is 2.19. The zero-order valence-electron chi connectivity index (χ0n) is 12.1.